The summed E-state index contributed by atoms with van der Waals surface area (Å²) >= 11 is 3.23. The van der Waals surface area contributed by atoms with Crippen LogP contribution in [0.25, 0.3) is 0 Å². The summed E-state index contributed by atoms with van der Waals surface area (Å²) in [7, 11) is 0. The van der Waals surface area contributed by atoms with E-state index in [-0.39, 0.29) is 17.9 Å². The third-order valence-corrected chi connectivity index (χ3v) is 3.30. The highest BCUT2D eigenvalue weighted by Gasteiger charge is 2.15. The van der Waals surface area contributed by atoms with Crippen LogP contribution in [-0.2, 0) is 6.42 Å². The van der Waals surface area contributed by atoms with E-state index in [1.54, 1.807) is 19.2 Å². The van der Waals surface area contributed by atoms with Crippen LogP contribution in [0.15, 0.2) is 34.9 Å². The fraction of sp³-hybridized carbons (Fsp3) is 0.214. The van der Waals surface area contributed by atoms with Crippen molar-refractivity contribution in [2.24, 2.45) is 0 Å². The molecule has 0 fully saturated rings. The van der Waals surface area contributed by atoms with Crippen molar-refractivity contribution in [3.05, 3.63) is 57.8 Å². The molecule has 1 atom stereocenters. The van der Waals surface area contributed by atoms with Gasteiger partial charge in [0.05, 0.1) is 0 Å². The predicted octanol–water partition coefficient (Wildman–Crippen LogP) is 3.42. The first-order chi connectivity index (χ1) is 9.47. The van der Waals surface area contributed by atoms with Crippen LogP contribution in [0.4, 0.5) is 8.78 Å². The molecule has 6 heteroatoms. The van der Waals surface area contributed by atoms with Crippen molar-refractivity contribution in [1.82, 2.24) is 10.3 Å². The van der Waals surface area contributed by atoms with E-state index in [1.165, 1.54) is 18.2 Å². The summed E-state index contributed by atoms with van der Waals surface area (Å²) in [5.41, 5.74) is 0.366. The van der Waals surface area contributed by atoms with Crippen LogP contribution in [0, 0.1) is 11.6 Å². The summed E-state index contributed by atoms with van der Waals surface area (Å²) in [6.07, 6.45) is 1.72. The third kappa shape index (κ3) is 3.45. The largest absolute Gasteiger partial charge is 0.356 e. The van der Waals surface area contributed by atoms with Gasteiger partial charge < -0.3 is 10.3 Å². The number of nitrogens with one attached hydrogen (secondary N) is 2. The molecule has 2 N–H and O–H groups in total. The number of carbonyl (C=O) groups is 1. The number of hydrogen-bond acceptors (Lipinski definition) is 1. The number of amides is 1. The molecule has 0 radical (unpaired) electrons. The molecule has 0 saturated carbocycles. The number of rotatable bonds is 4. The maximum absolute atomic E-state index is 13.5. The Morgan fingerprint density at radius 2 is 2.05 bits per heavy atom. The molecule has 0 saturated heterocycles. The minimum absolute atomic E-state index is 0.0204. The second-order valence-corrected chi connectivity index (χ2v) is 5.43. The third-order valence-electron chi connectivity index (χ3n) is 2.84. The van der Waals surface area contributed by atoms with E-state index < -0.39 is 17.7 Å². The van der Waals surface area contributed by atoms with Crippen LogP contribution in [0.3, 0.4) is 0 Å². The monoisotopic (exact) mass is 342 g/mol. The molecule has 3 nitrogen and oxygen atoms in total. The molecule has 106 valence electrons. The Balaban J connectivity index is 2.02. The lowest BCUT2D eigenvalue weighted by Gasteiger charge is -2.14. The smallest absolute Gasteiger partial charge is 0.267 e. The molecule has 2 aromatic rings. The van der Waals surface area contributed by atoms with Gasteiger partial charge in [-0.05, 0) is 47.5 Å². The number of aromatic nitrogens is 1. The van der Waals surface area contributed by atoms with Gasteiger partial charge in [-0.2, -0.15) is 0 Å². The molecule has 1 unspecified atom stereocenters. The molecule has 1 aromatic heterocycles. The fourth-order valence-corrected chi connectivity index (χ4v) is 2.23. The number of halogens is 3. The Kier molecular flexibility index (Phi) is 4.54. The zero-order chi connectivity index (χ0) is 14.7. The lowest BCUT2D eigenvalue weighted by molar-refractivity contribution is 0.0935. The van der Waals surface area contributed by atoms with E-state index in [0.29, 0.717) is 5.69 Å². The number of H-pyrrole nitrogens is 1. The van der Waals surface area contributed by atoms with E-state index in [4.69, 9.17) is 0 Å². The molecule has 0 spiro atoms. The molecule has 20 heavy (non-hydrogen) atoms. The van der Waals surface area contributed by atoms with Crippen LogP contribution in [0.2, 0.25) is 0 Å². The van der Waals surface area contributed by atoms with Crippen molar-refractivity contribution < 1.29 is 13.6 Å². The molecule has 0 aliphatic carbocycles. The first-order valence-electron chi connectivity index (χ1n) is 6.05. The highest BCUT2D eigenvalue weighted by Crippen LogP contribution is 2.15. The van der Waals surface area contributed by atoms with Gasteiger partial charge in [0.15, 0.2) is 0 Å². The number of benzene rings is 1. The van der Waals surface area contributed by atoms with Crippen LogP contribution in [0.5, 0.6) is 0 Å². The minimum Gasteiger partial charge on any atom is -0.356 e. The SMILES string of the molecule is CC(Cc1c(F)cccc1F)NC(=O)c1cc(Br)c[nH]1. The molecule has 0 aliphatic heterocycles. The van der Waals surface area contributed by atoms with Gasteiger partial charge in [-0.3, -0.25) is 4.79 Å². The normalized spacial score (nSPS) is 12.2. The van der Waals surface area contributed by atoms with Gasteiger partial charge in [0.2, 0.25) is 0 Å². The van der Waals surface area contributed by atoms with Gasteiger partial charge in [0.25, 0.3) is 5.91 Å². The Labute approximate surface area is 123 Å². The fourth-order valence-electron chi connectivity index (χ4n) is 1.89. The Morgan fingerprint density at radius 1 is 1.40 bits per heavy atom. The van der Waals surface area contributed by atoms with Crippen molar-refractivity contribution in [1.29, 1.82) is 0 Å². The van der Waals surface area contributed by atoms with E-state index in [2.05, 4.69) is 26.2 Å². The van der Waals surface area contributed by atoms with Crippen LogP contribution in [-0.4, -0.2) is 16.9 Å². The van der Waals surface area contributed by atoms with E-state index in [1.807, 2.05) is 0 Å². The topological polar surface area (TPSA) is 44.9 Å². The van der Waals surface area contributed by atoms with Gasteiger partial charge in [0, 0.05) is 22.3 Å². The highest BCUT2D eigenvalue weighted by atomic mass is 79.9. The molecule has 1 heterocycles. The molecular weight excluding hydrogens is 330 g/mol. The van der Waals surface area contributed by atoms with Crippen molar-refractivity contribution in [2.45, 2.75) is 19.4 Å². The Morgan fingerprint density at radius 3 is 2.60 bits per heavy atom. The van der Waals surface area contributed by atoms with Crippen LogP contribution >= 0.6 is 15.9 Å². The molecule has 2 rings (SSSR count). The second kappa shape index (κ2) is 6.17. The Hall–Kier alpha value is -1.69. The summed E-state index contributed by atoms with van der Waals surface area (Å²) < 4.78 is 27.8. The van der Waals surface area contributed by atoms with Gasteiger partial charge >= 0.3 is 0 Å². The molecular formula is C14H13BrF2N2O. The first-order valence-corrected chi connectivity index (χ1v) is 6.84. The number of carbonyl (C=O) groups excluding carboxylic acids is 1. The van der Waals surface area contributed by atoms with E-state index >= 15 is 0 Å². The lowest BCUT2D eigenvalue weighted by atomic mass is 10.1. The predicted molar refractivity (Wildman–Crippen MR) is 75.5 cm³/mol. The van der Waals surface area contributed by atoms with Crippen molar-refractivity contribution in [2.75, 3.05) is 0 Å². The van der Waals surface area contributed by atoms with Gasteiger partial charge in [-0.25, -0.2) is 8.78 Å². The maximum Gasteiger partial charge on any atom is 0.267 e. The molecule has 0 aliphatic rings. The number of aromatic amines is 1. The Bertz CT molecular complexity index is 607. The summed E-state index contributed by atoms with van der Waals surface area (Å²) in [4.78, 5) is 14.7. The average molecular weight is 343 g/mol. The number of hydrogen-bond donors (Lipinski definition) is 2. The second-order valence-electron chi connectivity index (χ2n) is 4.51. The van der Waals surface area contributed by atoms with Gasteiger partial charge in [-0.15, -0.1) is 0 Å². The van der Waals surface area contributed by atoms with Crippen molar-refractivity contribution >= 4 is 21.8 Å². The molecule has 1 aromatic carbocycles. The molecule has 1 amide bonds. The lowest BCUT2D eigenvalue weighted by Crippen LogP contribution is -2.34. The zero-order valence-electron chi connectivity index (χ0n) is 10.7. The maximum atomic E-state index is 13.5. The summed E-state index contributed by atoms with van der Waals surface area (Å²) in [6, 6.07) is 4.96. The summed E-state index contributed by atoms with van der Waals surface area (Å²) in [5.74, 6) is -1.53. The zero-order valence-corrected chi connectivity index (χ0v) is 12.3. The highest BCUT2D eigenvalue weighted by molar-refractivity contribution is 9.10. The van der Waals surface area contributed by atoms with Crippen molar-refractivity contribution in [3.8, 4) is 0 Å². The van der Waals surface area contributed by atoms with Crippen molar-refractivity contribution in [3.63, 3.8) is 0 Å². The minimum atomic E-state index is -0.603. The van der Waals surface area contributed by atoms with Gasteiger partial charge in [-0.1, -0.05) is 6.07 Å². The quantitative estimate of drug-likeness (QED) is 0.878. The summed E-state index contributed by atoms with van der Waals surface area (Å²) in [5, 5.41) is 2.69. The molecule has 0 bridgehead atoms. The standard InChI is InChI=1S/C14H13BrF2N2O/c1-8(5-10-11(16)3-2-4-12(10)17)19-14(20)13-6-9(15)7-18-13/h2-4,6-8,18H,5H2,1H3,(H,19,20). The van der Waals surface area contributed by atoms with Crippen LogP contribution in [0.1, 0.15) is 23.0 Å². The van der Waals surface area contributed by atoms with Crippen LogP contribution < -0.4 is 5.32 Å². The van der Waals surface area contributed by atoms with E-state index in [0.717, 1.165) is 4.47 Å². The summed E-state index contributed by atoms with van der Waals surface area (Å²) in [6.45, 7) is 1.70. The first kappa shape index (κ1) is 14.7. The van der Waals surface area contributed by atoms with Gasteiger partial charge in [0.1, 0.15) is 17.3 Å². The van der Waals surface area contributed by atoms with E-state index in [9.17, 15) is 13.6 Å². The average Bonchev–Trinajstić information content (AvgIpc) is 2.81.